The average molecular weight is 323 g/mol. The average Bonchev–Trinajstić information content (AvgIpc) is 3.02. The van der Waals surface area contributed by atoms with E-state index in [4.69, 9.17) is 0 Å². The molecule has 2 saturated heterocycles. The van der Waals surface area contributed by atoms with E-state index < -0.39 is 0 Å². The molecule has 2 rings (SSSR count). The predicted molar refractivity (Wildman–Crippen MR) is 102 cm³/mol. The van der Waals surface area contributed by atoms with Crippen molar-refractivity contribution in [2.24, 2.45) is 23.7 Å². The first kappa shape index (κ1) is 19.2. The molecule has 0 aromatic carbocycles. The summed E-state index contributed by atoms with van der Waals surface area (Å²) in [6.07, 6.45) is 7.08. The molecule has 0 aromatic heterocycles. The van der Waals surface area contributed by atoms with Gasteiger partial charge in [0.1, 0.15) is 0 Å². The highest BCUT2D eigenvalue weighted by Gasteiger charge is 2.29. The minimum absolute atomic E-state index is 0.730. The van der Waals surface area contributed by atoms with E-state index in [-0.39, 0.29) is 0 Å². The zero-order chi connectivity index (χ0) is 17.0. The number of rotatable bonds is 7. The summed E-state index contributed by atoms with van der Waals surface area (Å²) in [4.78, 5) is 5.43. The van der Waals surface area contributed by atoms with E-state index in [0.29, 0.717) is 0 Å². The van der Waals surface area contributed by atoms with Crippen molar-refractivity contribution in [3.8, 4) is 0 Å². The van der Waals surface area contributed by atoms with Gasteiger partial charge in [0.05, 0.1) is 0 Å². The lowest BCUT2D eigenvalue weighted by Gasteiger charge is -2.38. The van der Waals surface area contributed by atoms with Gasteiger partial charge < -0.3 is 9.80 Å². The Labute approximate surface area is 146 Å². The quantitative estimate of drug-likeness (QED) is 0.658. The molecule has 2 fully saturated rings. The molecule has 0 N–H and O–H groups in total. The van der Waals surface area contributed by atoms with Gasteiger partial charge in [0.2, 0.25) is 0 Å². The van der Waals surface area contributed by atoms with Crippen LogP contribution in [0.5, 0.6) is 0 Å². The minimum atomic E-state index is 0.730. The van der Waals surface area contributed by atoms with Crippen LogP contribution in [0.15, 0.2) is 0 Å². The Bertz CT molecular complexity index is 331. The van der Waals surface area contributed by atoms with E-state index in [1.54, 1.807) is 0 Å². The highest BCUT2D eigenvalue weighted by atomic mass is 15.2. The van der Waals surface area contributed by atoms with Crippen LogP contribution in [0.25, 0.3) is 0 Å². The Morgan fingerprint density at radius 1 is 0.739 bits per heavy atom. The summed E-state index contributed by atoms with van der Waals surface area (Å²) in [6.45, 7) is 19.8. The SMILES string of the molecule is CC(C)C1CCN(C(C)CCC(C)[C@H]2CCN(C(C)C)C2)CC1. The molecule has 0 amide bonds. The fourth-order valence-corrected chi connectivity index (χ4v) is 4.70. The van der Waals surface area contributed by atoms with Crippen LogP contribution in [-0.4, -0.2) is 48.1 Å². The van der Waals surface area contributed by atoms with Crippen molar-refractivity contribution >= 4 is 0 Å². The van der Waals surface area contributed by atoms with Crippen LogP contribution in [0, 0.1) is 23.7 Å². The first-order valence-corrected chi connectivity index (χ1v) is 10.4. The summed E-state index contributed by atoms with van der Waals surface area (Å²) >= 11 is 0. The smallest absolute Gasteiger partial charge is 0.00670 e. The van der Waals surface area contributed by atoms with Crippen LogP contribution in [0.1, 0.15) is 73.6 Å². The standard InChI is InChI=1S/C21H42N2/c1-16(2)20-9-12-22(13-10-20)19(6)8-7-18(5)21-11-14-23(15-21)17(3)4/h16-21H,7-15H2,1-6H3/t18?,19?,21-/m0/s1. The van der Waals surface area contributed by atoms with Gasteiger partial charge >= 0.3 is 0 Å². The molecule has 2 unspecified atom stereocenters. The molecule has 0 radical (unpaired) electrons. The molecule has 0 spiro atoms. The van der Waals surface area contributed by atoms with Gasteiger partial charge in [-0.3, -0.25) is 0 Å². The first-order valence-electron chi connectivity index (χ1n) is 10.4. The lowest BCUT2D eigenvalue weighted by molar-refractivity contribution is 0.112. The third-order valence-electron chi connectivity index (χ3n) is 6.97. The van der Waals surface area contributed by atoms with Gasteiger partial charge in [0.25, 0.3) is 0 Å². The molecule has 2 aliphatic heterocycles. The summed E-state index contributed by atoms with van der Waals surface area (Å²) in [6, 6.07) is 1.52. The van der Waals surface area contributed by atoms with Crippen molar-refractivity contribution in [1.29, 1.82) is 0 Å². The van der Waals surface area contributed by atoms with Crippen LogP contribution in [0.3, 0.4) is 0 Å². The van der Waals surface area contributed by atoms with Gasteiger partial charge in [-0.2, -0.15) is 0 Å². The van der Waals surface area contributed by atoms with E-state index in [2.05, 4.69) is 51.3 Å². The maximum atomic E-state index is 2.76. The fraction of sp³-hybridized carbons (Fsp3) is 1.00. The highest BCUT2D eigenvalue weighted by Crippen LogP contribution is 2.30. The molecule has 0 aliphatic carbocycles. The molecule has 0 bridgehead atoms. The van der Waals surface area contributed by atoms with Crippen molar-refractivity contribution < 1.29 is 0 Å². The van der Waals surface area contributed by atoms with Crippen LogP contribution >= 0.6 is 0 Å². The predicted octanol–water partition coefficient (Wildman–Crippen LogP) is 4.89. The largest absolute Gasteiger partial charge is 0.301 e. The zero-order valence-corrected chi connectivity index (χ0v) is 16.7. The molecule has 2 heterocycles. The Hall–Kier alpha value is -0.0800. The van der Waals surface area contributed by atoms with Gasteiger partial charge in [-0.1, -0.05) is 20.8 Å². The molecule has 2 heteroatoms. The van der Waals surface area contributed by atoms with Crippen molar-refractivity contribution in [3.05, 3.63) is 0 Å². The van der Waals surface area contributed by atoms with Crippen molar-refractivity contribution in [2.45, 2.75) is 85.7 Å². The van der Waals surface area contributed by atoms with Gasteiger partial charge in [0, 0.05) is 18.6 Å². The second kappa shape index (κ2) is 8.85. The number of nitrogens with zero attached hydrogens (tertiary/aromatic N) is 2. The molecule has 23 heavy (non-hydrogen) atoms. The second-order valence-electron chi connectivity index (χ2n) is 9.16. The van der Waals surface area contributed by atoms with E-state index in [1.165, 1.54) is 58.3 Å². The monoisotopic (exact) mass is 322 g/mol. The van der Waals surface area contributed by atoms with E-state index in [1.807, 2.05) is 0 Å². The lowest BCUT2D eigenvalue weighted by atomic mass is 9.85. The molecule has 0 aromatic rings. The normalized spacial score (nSPS) is 27.9. The minimum Gasteiger partial charge on any atom is -0.301 e. The van der Waals surface area contributed by atoms with Gasteiger partial charge in [-0.05, 0) is 96.2 Å². The van der Waals surface area contributed by atoms with Crippen LogP contribution < -0.4 is 0 Å². The number of hydrogen-bond acceptors (Lipinski definition) is 2. The van der Waals surface area contributed by atoms with Crippen molar-refractivity contribution in [3.63, 3.8) is 0 Å². The number of likely N-dealkylation sites (tertiary alicyclic amines) is 2. The Balaban J connectivity index is 1.67. The Morgan fingerprint density at radius 2 is 1.30 bits per heavy atom. The fourth-order valence-electron chi connectivity index (χ4n) is 4.70. The third kappa shape index (κ3) is 5.46. The van der Waals surface area contributed by atoms with E-state index in [9.17, 15) is 0 Å². The summed E-state index contributed by atoms with van der Waals surface area (Å²) < 4.78 is 0. The molecule has 136 valence electrons. The molecule has 0 saturated carbocycles. The Morgan fingerprint density at radius 3 is 1.83 bits per heavy atom. The van der Waals surface area contributed by atoms with Crippen molar-refractivity contribution in [2.75, 3.05) is 26.2 Å². The topological polar surface area (TPSA) is 6.48 Å². The number of hydrogen-bond donors (Lipinski definition) is 0. The summed E-state index contributed by atoms with van der Waals surface area (Å²) in [5.41, 5.74) is 0. The second-order valence-corrected chi connectivity index (χ2v) is 9.16. The molecular formula is C21H42N2. The summed E-state index contributed by atoms with van der Waals surface area (Å²) in [7, 11) is 0. The summed E-state index contributed by atoms with van der Waals surface area (Å²) in [5, 5.41) is 0. The van der Waals surface area contributed by atoms with E-state index in [0.717, 1.165) is 35.8 Å². The number of piperidine rings is 1. The van der Waals surface area contributed by atoms with Gasteiger partial charge in [0.15, 0.2) is 0 Å². The zero-order valence-electron chi connectivity index (χ0n) is 16.7. The highest BCUT2D eigenvalue weighted by molar-refractivity contribution is 4.83. The van der Waals surface area contributed by atoms with Crippen LogP contribution in [0.2, 0.25) is 0 Å². The Kier molecular flexibility index (Phi) is 7.41. The lowest BCUT2D eigenvalue weighted by Crippen LogP contribution is -2.41. The maximum Gasteiger partial charge on any atom is 0.00670 e. The molecule has 2 aliphatic rings. The maximum absolute atomic E-state index is 2.76. The van der Waals surface area contributed by atoms with Gasteiger partial charge in [-0.15, -0.1) is 0 Å². The molecule has 3 atom stereocenters. The van der Waals surface area contributed by atoms with E-state index >= 15 is 0 Å². The van der Waals surface area contributed by atoms with Gasteiger partial charge in [-0.25, -0.2) is 0 Å². The van der Waals surface area contributed by atoms with Crippen molar-refractivity contribution in [1.82, 2.24) is 9.80 Å². The van der Waals surface area contributed by atoms with Crippen LogP contribution in [-0.2, 0) is 0 Å². The molecular weight excluding hydrogens is 280 g/mol. The molecule has 2 nitrogen and oxygen atoms in total. The third-order valence-corrected chi connectivity index (χ3v) is 6.97. The van der Waals surface area contributed by atoms with Crippen LogP contribution in [0.4, 0.5) is 0 Å². The summed E-state index contributed by atoms with van der Waals surface area (Å²) in [5.74, 6) is 3.68. The first-order chi connectivity index (χ1) is 10.9.